The number of carbonyl (C=O) groups excluding carboxylic acids is 5. The summed E-state index contributed by atoms with van der Waals surface area (Å²) < 4.78 is 1.51. The topological polar surface area (TPSA) is 201 Å². The molecule has 294 valence electrons. The van der Waals surface area contributed by atoms with E-state index in [1.807, 2.05) is 30.5 Å². The molecular formula is C41H48N8O6S. The molecule has 1 unspecified atom stereocenters. The Morgan fingerprint density at radius 3 is 2.50 bits per heavy atom. The molecule has 7 N–H and O–H groups in total. The van der Waals surface area contributed by atoms with Crippen LogP contribution in [0.25, 0.3) is 22.0 Å². The Labute approximate surface area is 328 Å². The number of amides is 5. The van der Waals surface area contributed by atoms with Gasteiger partial charge in [-0.05, 0) is 91.7 Å². The first-order valence-electron chi connectivity index (χ1n) is 19.2. The van der Waals surface area contributed by atoms with Crippen molar-refractivity contribution in [3.05, 3.63) is 86.5 Å². The zero-order valence-corrected chi connectivity index (χ0v) is 32.5. The number of carbonyl (C=O) groups is 5. The number of imide groups is 1. The van der Waals surface area contributed by atoms with Crippen LogP contribution in [0.5, 0.6) is 0 Å². The van der Waals surface area contributed by atoms with Gasteiger partial charge < -0.3 is 36.1 Å². The van der Waals surface area contributed by atoms with Gasteiger partial charge in [-0.3, -0.25) is 34.1 Å². The van der Waals surface area contributed by atoms with Crippen LogP contribution >= 0.6 is 11.8 Å². The lowest BCUT2D eigenvalue weighted by Crippen LogP contribution is -2.52. The predicted molar refractivity (Wildman–Crippen MR) is 217 cm³/mol. The van der Waals surface area contributed by atoms with E-state index < -0.39 is 11.9 Å². The van der Waals surface area contributed by atoms with Crippen molar-refractivity contribution < 1.29 is 24.0 Å². The van der Waals surface area contributed by atoms with Crippen LogP contribution in [0.1, 0.15) is 86.4 Å². The highest BCUT2D eigenvalue weighted by molar-refractivity contribution is 7.97. The minimum Gasteiger partial charge on any atom is -0.384 e. The van der Waals surface area contributed by atoms with E-state index in [0.29, 0.717) is 79.1 Å². The maximum absolute atomic E-state index is 13.9. The van der Waals surface area contributed by atoms with Crippen LogP contribution < -0.4 is 32.6 Å². The molecule has 0 bridgehead atoms. The molecule has 2 fully saturated rings. The first-order valence-corrected chi connectivity index (χ1v) is 20.6. The highest BCUT2D eigenvalue weighted by Gasteiger charge is 2.39. The van der Waals surface area contributed by atoms with Crippen molar-refractivity contribution in [2.75, 3.05) is 37.8 Å². The summed E-state index contributed by atoms with van der Waals surface area (Å²) in [6.07, 6.45) is 8.79. The quantitative estimate of drug-likeness (QED) is 0.0729. The second-order valence-electron chi connectivity index (χ2n) is 14.8. The van der Waals surface area contributed by atoms with Gasteiger partial charge in [0.05, 0.1) is 0 Å². The molecule has 2 aromatic heterocycles. The van der Waals surface area contributed by atoms with Gasteiger partial charge in [-0.15, -0.1) is 0 Å². The van der Waals surface area contributed by atoms with E-state index in [2.05, 4.69) is 26.3 Å². The van der Waals surface area contributed by atoms with Crippen molar-refractivity contribution in [2.24, 2.45) is 18.7 Å². The number of aromatic nitrogens is 2. The summed E-state index contributed by atoms with van der Waals surface area (Å²) in [6, 6.07) is 10.6. The summed E-state index contributed by atoms with van der Waals surface area (Å²) in [7, 11) is 1.68. The largest absolute Gasteiger partial charge is 0.384 e. The molecule has 7 rings (SSSR count). The number of aryl methyl sites for hydroxylation is 2. The molecule has 15 heteroatoms. The van der Waals surface area contributed by atoms with Crippen LogP contribution in [0.2, 0.25) is 0 Å². The monoisotopic (exact) mass is 780 g/mol. The Morgan fingerprint density at radius 1 is 0.946 bits per heavy atom. The molecule has 4 heterocycles. The van der Waals surface area contributed by atoms with Crippen LogP contribution in [0.15, 0.2) is 47.4 Å². The smallest absolute Gasteiger partial charge is 0.274 e. The molecule has 0 radical (unpaired) electrons. The van der Waals surface area contributed by atoms with Gasteiger partial charge in [0.2, 0.25) is 11.8 Å². The van der Waals surface area contributed by atoms with Crippen LogP contribution in [-0.2, 0) is 35.4 Å². The van der Waals surface area contributed by atoms with Gasteiger partial charge in [-0.25, -0.2) is 0 Å². The molecule has 14 nitrogen and oxygen atoms in total. The van der Waals surface area contributed by atoms with E-state index in [-0.39, 0.29) is 41.3 Å². The fourth-order valence-electron chi connectivity index (χ4n) is 7.65. The first-order chi connectivity index (χ1) is 27.1. The van der Waals surface area contributed by atoms with Crippen molar-refractivity contribution in [1.82, 2.24) is 30.4 Å². The highest BCUT2D eigenvalue weighted by Crippen LogP contribution is 2.38. The summed E-state index contributed by atoms with van der Waals surface area (Å²) in [5, 5.41) is 12.5. The van der Waals surface area contributed by atoms with Crippen LogP contribution in [0.4, 0.5) is 5.69 Å². The fraction of sp³-hybridized carbons (Fsp3) is 0.415. The fourth-order valence-corrected chi connectivity index (χ4v) is 8.20. The Hall–Kier alpha value is -5.41. The minimum absolute atomic E-state index is 0.174. The zero-order valence-electron chi connectivity index (χ0n) is 31.7. The summed E-state index contributed by atoms with van der Waals surface area (Å²) in [5.41, 5.74) is 12.3. The molecule has 1 atom stereocenters. The van der Waals surface area contributed by atoms with Gasteiger partial charge >= 0.3 is 0 Å². The number of hydrogen-bond donors (Lipinski definition) is 6. The number of nitrogens with two attached hydrogens (primary N) is 1. The third kappa shape index (κ3) is 8.10. The number of piperidine rings is 1. The molecule has 1 aliphatic carbocycles. The summed E-state index contributed by atoms with van der Waals surface area (Å²) >= 11 is 1.61. The first kappa shape index (κ1) is 38.8. The van der Waals surface area contributed by atoms with Gasteiger partial charge in [0, 0.05) is 91.5 Å². The number of benzene rings is 2. The second kappa shape index (κ2) is 16.8. The van der Waals surface area contributed by atoms with Crippen molar-refractivity contribution in [1.29, 1.82) is 0 Å². The number of nitrogens with zero attached hydrogens (tertiary/aromatic N) is 2. The van der Waals surface area contributed by atoms with Crippen molar-refractivity contribution in [3.63, 3.8) is 0 Å². The number of thioether (sulfide) groups is 1. The van der Waals surface area contributed by atoms with Crippen molar-refractivity contribution in [3.8, 4) is 11.1 Å². The number of pyridine rings is 1. The van der Waals surface area contributed by atoms with E-state index >= 15 is 0 Å². The number of nitrogens with one attached hydrogen (secondary N) is 5. The van der Waals surface area contributed by atoms with E-state index in [1.54, 1.807) is 42.0 Å². The summed E-state index contributed by atoms with van der Waals surface area (Å²) in [6.45, 7) is 2.14. The van der Waals surface area contributed by atoms with Crippen LogP contribution in [-0.4, -0.2) is 82.5 Å². The number of hydrogen-bond acceptors (Lipinski definition) is 9. The minimum atomic E-state index is -0.658. The SMILES string of the molecule is CSCc1cc(-c2cn(C)c(=O)c3[nH]c(C(=O)NCCN)cc23)c(NCC2CC2)cc1C(=O)NCCCCc1cccc2c1CN(C1CCC(=O)NC1=O)C2=O. The Bertz CT molecular complexity index is 2280. The third-order valence-electron chi connectivity index (χ3n) is 10.8. The maximum Gasteiger partial charge on any atom is 0.274 e. The Balaban J connectivity index is 1.07. The van der Waals surface area contributed by atoms with E-state index in [9.17, 15) is 28.8 Å². The number of fused-ring (bicyclic) bond motifs is 2. The maximum atomic E-state index is 13.9. The highest BCUT2D eigenvalue weighted by atomic mass is 32.2. The lowest BCUT2D eigenvalue weighted by molar-refractivity contribution is -0.136. The molecule has 1 saturated carbocycles. The van der Waals surface area contributed by atoms with Crippen LogP contribution in [0.3, 0.4) is 0 Å². The lowest BCUT2D eigenvalue weighted by atomic mass is 9.95. The van der Waals surface area contributed by atoms with Gasteiger partial charge in [0.1, 0.15) is 17.3 Å². The van der Waals surface area contributed by atoms with Crippen molar-refractivity contribution in [2.45, 2.75) is 63.3 Å². The molecule has 2 aromatic carbocycles. The zero-order chi connectivity index (χ0) is 39.5. The number of anilines is 1. The lowest BCUT2D eigenvalue weighted by Gasteiger charge is -2.29. The molecule has 56 heavy (non-hydrogen) atoms. The molecule has 1 saturated heterocycles. The van der Waals surface area contributed by atoms with Gasteiger partial charge in [-0.1, -0.05) is 12.1 Å². The molecule has 4 aromatic rings. The van der Waals surface area contributed by atoms with Gasteiger partial charge in [0.15, 0.2) is 0 Å². The van der Waals surface area contributed by atoms with Crippen LogP contribution in [0, 0.1) is 5.92 Å². The average molecular weight is 781 g/mol. The number of unbranched alkanes of at least 4 members (excludes halogenated alkanes) is 1. The third-order valence-corrected chi connectivity index (χ3v) is 11.4. The van der Waals surface area contributed by atoms with Gasteiger partial charge in [-0.2, -0.15) is 11.8 Å². The molecular weight excluding hydrogens is 733 g/mol. The van der Waals surface area contributed by atoms with E-state index in [1.165, 1.54) is 4.57 Å². The molecule has 5 amide bonds. The second-order valence-corrected chi connectivity index (χ2v) is 15.7. The van der Waals surface area contributed by atoms with Gasteiger partial charge in [0.25, 0.3) is 23.3 Å². The Morgan fingerprint density at radius 2 is 1.75 bits per heavy atom. The van der Waals surface area contributed by atoms with Crippen molar-refractivity contribution >= 4 is 57.9 Å². The molecule has 3 aliphatic rings. The average Bonchev–Trinajstić information content (AvgIpc) is 3.81. The normalized spacial score (nSPS) is 16.6. The molecule has 0 spiro atoms. The number of H-pyrrole nitrogens is 1. The van der Waals surface area contributed by atoms with E-state index in [0.717, 1.165) is 59.3 Å². The van der Waals surface area contributed by atoms with E-state index in [4.69, 9.17) is 5.73 Å². The number of rotatable bonds is 16. The Kier molecular flexibility index (Phi) is 11.6. The number of aromatic amines is 1. The summed E-state index contributed by atoms with van der Waals surface area (Å²) in [4.78, 5) is 82.0. The molecule has 2 aliphatic heterocycles. The standard InChI is InChI=1S/C41H48N8O6S/c1-48-20-31(29-18-33(38(52)44-15-13-42)46-36(29)41(48)55)28-16-25(22-56-2)27(17-32(28)45-19-23-9-10-23)37(51)43-14-4-3-6-24-7-5-8-26-30(24)21-49(40(26)54)34-11-12-35(50)47-39(34)53/h5,7-8,16-18,20,23,34,45-46H,3-4,6,9-15,19,21-22,42H2,1-2H3,(H,43,51)(H,44,52)(H,47,50,53). The summed E-state index contributed by atoms with van der Waals surface area (Å²) in [5.74, 6) is -0.307. The predicted octanol–water partition coefficient (Wildman–Crippen LogP) is 3.42.